The van der Waals surface area contributed by atoms with Crippen LogP contribution >= 0.6 is 0 Å². The lowest BCUT2D eigenvalue weighted by Crippen LogP contribution is -2.44. The van der Waals surface area contributed by atoms with Crippen molar-refractivity contribution in [2.24, 2.45) is 13.0 Å². The van der Waals surface area contributed by atoms with Crippen molar-refractivity contribution in [3.8, 4) is 0 Å². The number of amides is 1. The van der Waals surface area contributed by atoms with Crippen molar-refractivity contribution in [1.29, 1.82) is 0 Å². The highest BCUT2D eigenvalue weighted by molar-refractivity contribution is 7.89. The summed E-state index contributed by atoms with van der Waals surface area (Å²) in [5.74, 6) is -0.864. The molecule has 0 saturated carbocycles. The van der Waals surface area contributed by atoms with Crippen molar-refractivity contribution in [2.75, 3.05) is 20.2 Å². The smallest absolute Gasteiger partial charge is 0.333 e. The van der Waals surface area contributed by atoms with Crippen molar-refractivity contribution in [3.63, 3.8) is 0 Å². The van der Waals surface area contributed by atoms with Crippen LogP contribution in [0.4, 0.5) is 0 Å². The summed E-state index contributed by atoms with van der Waals surface area (Å²) >= 11 is 0. The van der Waals surface area contributed by atoms with Gasteiger partial charge in [0.1, 0.15) is 0 Å². The van der Waals surface area contributed by atoms with Crippen molar-refractivity contribution < 1.29 is 22.7 Å². The lowest BCUT2D eigenvalue weighted by Gasteiger charge is -2.29. The summed E-state index contributed by atoms with van der Waals surface area (Å²) < 4.78 is 33.1. The third kappa shape index (κ3) is 6.47. The molecule has 1 N–H and O–H groups in total. The average molecular weight is 401 g/mol. The van der Waals surface area contributed by atoms with Crippen molar-refractivity contribution in [1.82, 2.24) is 19.2 Å². The minimum atomic E-state index is -3.88. The van der Waals surface area contributed by atoms with Gasteiger partial charge in [-0.15, -0.1) is 0 Å². The maximum atomic E-state index is 12.5. The number of nitrogens with one attached hydrogen (secondary N) is 1. The fourth-order valence-corrected chi connectivity index (χ4v) is 3.32. The molecule has 0 radical (unpaired) electrons. The second-order valence-corrected chi connectivity index (χ2v) is 8.23. The van der Waals surface area contributed by atoms with Gasteiger partial charge < -0.3 is 14.2 Å². The topological polar surface area (TPSA) is 111 Å². The zero-order chi connectivity index (χ0) is 20.8. The molecule has 0 aliphatic rings. The number of aryl methyl sites for hydroxylation is 1. The van der Waals surface area contributed by atoms with Crippen LogP contribution in [0.3, 0.4) is 0 Å². The standard InChI is InChI=1S/C17H28N4O5S/c1-7-26-17(23)13(4)8-14(12(2)3)21(6)16(22)9-19-27(24,25)15-10-20(5)11-18-15/h8,10-12,14,19H,7,9H2,1-6H3/t14-/m1/s1. The van der Waals surface area contributed by atoms with Gasteiger partial charge >= 0.3 is 5.97 Å². The number of hydrogen-bond donors (Lipinski definition) is 1. The number of carbonyl (C=O) groups is 2. The Balaban J connectivity index is 2.84. The molecule has 27 heavy (non-hydrogen) atoms. The predicted octanol–water partition coefficient (Wildman–Crippen LogP) is 0.691. The molecule has 1 atom stereocenters. The maximum Gasteiger partial charge on any atom is 0.333 e. The zero-order valence-corrected chi connectivity index (χ0v) is 17.4. The Morgan fingerprint density at radius 2 is 2.04 bits per heavy atom. The molecule has 0 aliphatic heterocycles. The van der Waals surface area contributed by atoms with Crippen molar-refractivity contribution in [2.45, 2.75) is 38.8 Å². The monoisotopic (exact) mass is 400 g/mol. The van der Waals surface area contributed by atoms with Crippen LogP contribution in [0.1, 0.15) is 27.7 Å². The number of esters is 1. The van der Waals surface area contributed by atoms with Gasteiger partial charge in [0, 0.05) is 25.9 Å². The van der Waals surface area contributed by atoms with Crippen LogP contribution in [0.2, 0.25) is 0 Å². The van der Waals surface area contributed by atoms with E-state index < -0.39 is 28.4 Å². The molecular formula is C17H28N4O5S. The first-order chi connectivity index (χ1) is 12.5. The van der Waals surface area contributed by atoms with Gasteiger partial charge in [0.25, 0.3) is 10.0 Å². The fourth-order valence-electron chi connectivity index (χ4n) is 2.37. The number of nitrogens with zero attached hydrogens (tertiary/aromatic N) is 3. The van der Waals surface area contributed by atoms with Gasteiger partial charge in [0.15, 0.2) is 5.03 Å². The first kappa shape index (κ1) is 22.8. The van der Waals surface area contributed by atoms with Gasteiger partial charge in [-0.25, -0.2) is 22.9 Å². The van der Waals surface area contributed by atoms with Crippen LogP contribution in [0.25, 0.3) is 0 Å². The molecule has 0 aromatic carbocycles. The lowest BCUT2D eigenvalue weighted by molar-refractivity contribution is -0.138. The Morgan fingerprint density at radius 1 is 1.41 bits per heavy atom. The molecule has 1 heterocycles. The van der Waals surface area contributed by atoms with Crippen LogP contribution in [0.5, 0.6) is 0 Å². The van der Waals surface area contributed by atoms with Crippen LogP contribution in [0, 0.1) is 5.92 Å². The highest BCUT2D eigenvalue weighted by atomic mass is 32.2. The second kappa shape index (κ2) is 9.65. The van der Waals surface area contributed by atoms with Crippen molar-refractivity contribution in [3.05, 3.63) is 24.2 Å². The molecule has 1 rings (SSSR count). The lowest BCUT2D eigenvalue weighted by atomic mass is 10.00. The second-order valence-electron chi connectivity index (χ2n) is 6.51. The predicted molar refractivity (Wildman–Crippen MR) is 100 cm³/mol. The van der Waals surface area contributed by atoms with Crippen LogP contribution in [-0.2, 0) is 31.4 Å². The Labute approximate surface area is 160 Å². The van der Waals surface area contributed by atoms with Crippen molar-refractivity contribution >= 4 is 21.9 Å². The fraction of sp³-hybridized carbons (Fsp3) is 0.588. The Bertz CT molecular complexity index is 798. The number of aromatic nitrogens is 2. The highest BCUT2D eigenvalue weighted by Gasteiger charge is 2.25. The van der Waals surface area contributed by atoms with Gasteiger partial charge in [-0.05, 0) is 19.8 Å². The van der Waals surface area contributed by atoms with E-state index in [1.54, 1.807) is 34.0 Å². The van der Waals surface area contributed by atoms with E-state index in [9.17, 15) is 18.0 Å². The molecule has 0 saturated heterocycles. The summed E-state index contributed by atoms with van der Waals surface area (Å²) in [6.45, 7) is 7.00. The first-order valence-electron chi connectivity index (χ1n) is 8.58. The normalized spacial score (nSPS) is 13.5. The minimum Gasteiger partial charge on any atom is -0.463 e. The van der Waals surface area contributed by atoms with E-state index in [-0.39, 0.29) is 23.6 Å². The SMILES string of the molecule is CCOC(=O)C(C)=C[C@H](C(C)C)N(C)C(=O)CNS(=O)(=O)c1cn(C)cn1. The molecule has 0 spiro atoms. The number of rotatable bonds is 9. The van der Waals surface area contributed by atoms with E-state index in [1.807, 2.05) is 13.8 Å². The number of ether oxygens (including phenoxy) is 1. The summed E-state index contributed by atoms with van der Waals surface area (Å²) in [7, 11) is -0.661. The third-order valence-electron chi connectivity index (χ3n) is 3.91. The molecule has 1 amide bonds. The number of sulfonamides is 1. The minimum absolute atomic E-state index is 0.00993. The summed E-state index contributed by atoms with van der Waals surface area (Å²) in [6.07, 6.45) is 4.37. The summed E-state index contributed by atoms with van der Waals surface area (Å²) in [4.78, 5) is 29.5. The molecule has 0 aliphatic carbocycles. The van der Waals surface area contributed by atoms with Crippen LogP contribution in [-0.4, -0.2) is 61.0 Å². The number of carbonyl (C=O) groups excluding carboxylic acids is 2. The molecule has 1 aromatic rings. The van der Waals surface area contributed by atoms with E-state index in [0.717, 1.165) is 0 Å². The molecule has 0 bridgehead atoms. The maximum absolute atomic E-state index is 12.5. The van der Waals surface area contributed by atoms with E-state index in [0.29, 0.717) is 5.57 Å². The molecule has 1 aromatic heterocycles. The van der Waals surface area contributed by atoms with Gasteiger partial charge in [0.05, 0.1) is 25.5 Å². The number of likely N-dealkylation sites (N-methyl/N-ethyl adjacent to an activating group) is 1. The van der Waals surface area contributed by atoms with Gasteiger partial charge in [-0.2, -0.15) is 0 Å². The Kier molecular flexibility index (Phi) is 8.17. The molecule has 10 heteroatoms. The zero-order valence-electron chi connectivity index (χ0n) is 16.6. The van der Waals surface area contributed by atoms with E-state index >= 15 is 0 Å². The van der Waals surface area contributed by atoms with E-state index in [2.05, 4.69) is 9.71 Å². The van der Waals surface area contributed by atoms with Gasteiger partial charge in [-0.1, -0.05) is 19.9 Å². The quantitative estimate of drug-likeness (QED) is 0.482. The summed E-state index contributed by atoms with van der Waals surface area (Å²) in [5, 5.41) is -0.154. The number of imidazole rings is 1. The molecular weight excluding hydrogens is 372 g/mol. The van der Waals surface area contributed by atoms with Gasteiger partial charge in [0.2, 0.25) is 5.91 Å². The first-order valence-corrected chi connectivity index (χ1v) is 10.1. The van der Waals surface area contributed by atoms with Crippen LogP contribution < -0.4 is 4.72 Å². The Hall–Kier alpha value is -2.20. The largest absolute Gasteiger partial charge is 0.463 e. The van der Waals surface area contributed by atoms with Crippen LogP contribution in [0.15, 0.2) is 29.2 Å². The Morgan fingerprint density at radius 3 is 2.52 bits per heavy atom. The molecule has 9 nitrogen and oxygen atoms in total. The van der Waals surface area contributed by atoms with E-state index in [1.165, 1.54) is 22.0 Å². The van der Waals surface area contributed by atoms with Gasteiger partial charge in [-0.3, -0.25) is 4.79 Å². The highest BCUT2D eigenvalue weighted by Crippen LogP contribution is 2.14. The molecule has 0 unspecified atom stereocenters. The molecule has 0 fully saturated rings. The summed E-state index contributed by atoms with van der Waals surface area (Å²) in [5.41, 5.74) is 0.393. The molecule has 152 valence electrons. The summed E-state index contributed by atoms with van der Waals surface area (Å²) in [6, 6.07) is -0.388. The van der Waals surface area contributed by atoms with E-state index in [4.69, 9.17) is 4.74 Å². The number of hydrogen-bond acceptors (Lipinski definition) is 6. The third-order valence-corrected chi connectivity index (χ3v) is 5.20. The average Bonchev–Trinajstić information content (AvgIpc) is 3.04.